The third kappa shape index (κ3) is 3.26. The number of hydrogen-bond donors (Lipinski definition) is 0. The van der Waals surface area contributed by atoms with E-state index < -0.39 is 0 Å². The highest BCUT2D eigenvalue weighted by Gasteiger charge is 2.27. The van der Waals surface area contributed by atoms with Gasteiger partial charge in [-0.25, -0.2) is 4.98 Å². The van der Waals surface area contributed by atoms with Crippen LogP contribution in [0.15, 0.2) is 35.6 Å². The molecule has 0 spiro atoms. The van der Waals surface area contributed by atoms with Crippen LogP contribution in [0.4, 0.5) is 11.5 Å². The van der Waals surface area contributed by atoms with E-state index in [2.05, 4.69) is 16.9 Å². The summed E-state index contributed by atoms with van der Waals surface area (Å²) in [6, 6.07) is 5.44. The van der Waals surface area contributed by atoms with Crippen molar-refractivity contribution in [2.45, 2.75) is 13.3 Å². The van der Waals surface area contributed by atoms with Gasteiger partial charge in [0.25, 0.3) is 5.91 Å². The van der Waals surface area contributed by atoms with Crippen molar-refractivity contribution in [1.29, 1.82) is 0 Å². The Kier molecular flexibility index (Phi) is 4.85. The van der Waals surface area contributed by atoms with Crippen LogP contribution in [0.3, 0.4) is 0 Å². The maximum atomic E-state index is 12.8. The number of carbonyl (C=O) groups excluding carboxylic acids is 2. The van der Waals surface area contributed by atoms with Crippen LogP contribution in [0.25, 0.3) is 0 Å². The van der Waals surface area contributed by atoms with Gasteiger partial charge < -0.3 is 14.5 Å². The van der Waals surface area contributed by atoms with Crippen LogP contribution in [0.1, 0.15) is 23.7 Å². The highest BCUT2D eigenvalue weighted by Crippen LogP contribution is 2.35. The minimum Gasteiger partial charge on any atom is -0.488 e. The Balaban J connectivity index is 1.65. The molecule has 2 aromatic heterocycles. The Morgan fingerprint density at radius 3 is 2.93 bits per heavy atom. The number of fused-ring (bicyclic) bond motifs is 1. The summed E-state index contributed by atoms with van der Waals surface area (Å²) in [6.07, 6.45) is 5.04. The molecule has 8 nitrogen and oxygen atoms in total. The molecule has 0 aliphatic carbocycles. The summed E-state index contributed by atoms with van der Waals surface area (Å²) in [4.78, 5) is 36.4. The van der Waals surface area contributed by atoms with Crippen LogP contribution in [0.5, 0.6) is 5.75 Å². The summed E-state index contributed by atoms with van der Waals surface area (Å²) >= 11 is 0. The molecule has 146 valence electrons. The summed E-state index contributed by atoms with van der Waals surface area (Å²) in [6.45, 7) is 4.82. The fraction of sp³-hybridized carbons (Fsp3) is 0.400. The molecule has 28 heavy (non-hydrogen) atoms. The number of hydrogen-bond acceptors (Lipinski definition) is 6. The van der Waals surface area contributed by atoms with Crippen molar-refractivity contribution in [3.8, 4) is 5.75 Å². The molecule has 1 fully saturated rings. The lowest BCUT2D eigenvalue weighted by molar-refractivity contribution is 0.0787. The van der Waals surface area contributed by atoms with Gasteiger partial charge in [0.15, 0.2) is 11.6 Å². The van der Waals surface area contributed by atoms with E-state index in [4.69, 9.17) is 4.74 Å². The van der Waals surface area contributed by atoms with Crippen molar-refractivity contribution in [3.63, 3.8) is 0 Å². The lowest BCUT2D eigenvalue weighted by Crippen LogP contribution is -2.32. The Morgan fingerprint density at radius 2 is 2.21 bits per heavy atom. The van der Waals surface area contributed by atoms with E-state index >= 15 is 0 Å². The predicted molar refractivity (Wildman–Crippen MR) is 104 cm³/mol. The number of carbonyl (C=O) groups is 2. The van der Waals surface area contributed by atoms with Gasteiger partial charge in [0.2, 0.25) is 6.41 Å². The molecule has 2 aromatic rings. The molecule has 0 unspecified atom stereocenters. The maximum absolute atomic E-state index is 12.8. The Labute approximate surface area is 163 Å². The summed E-state index contributed by atoms with van der Waals surface area (Å²) in [5.74, 6) is 1.78. The number of ether oxygens (including phenoxy) is 1. The molecule has 2 aliphatic rings. The van der Waals surface area contributed by atoms with Crippen LogP contribution in [0.2, 0.25) is 0 Å². The molecule has 1 amide bonds. The van der Waals surface area contributed by atoms with Crippen molar-refractivity contribution in [3.05, 3.63) is 41.6 Å². The first kappa shape index (κ1) is 18.2. The zero-order valence-electron chi connectivity index (χ0n) is 16.0. The fourth-order valence-electron chi connectivity index (χ4n) is 3.69. The van der Waals surface area contributed by atoms with E-state index in [0.29, 0.717) is 48.1 Å². The van der Waals surface area contributed by atoms with Gasteiger partial charge in [0.1, 0.15) is 12.1 Å². The summed E-state index contributed by atoms with van der Waals surface area (Å²) in [7, 11) is 1.64. The molecular formula is C20H23N5O3. The van der Waals surface area contributed by atoms with Gasteiger partial charge in [0, 0.05) is 44.3 Å². The third-order valence-corrected chi connectivity index (χ3v) is 5.22. The average molecular weight is 381 g/mol. The number of likely N-dealkylation sites (tertiary alicyclic amines) is 1. The molecule has 0 saturated carbocycles. The summed E-state index contributed by atoms with van der Waals surface area (Å²) in [5, 5.41) is 0. The zero-order valence-corrected chi connectivity index (χ0v) is 16.0. The van der Waals surface area contributed by atoms with E-state index in [1.807, 2.05) is 21.9 Å². The van der Waals surface area contributed by atoms with Crippen molar-refractivity contribution in [1.82, 2.24) is 14.5 Å². The quantitative estimate of drug-likeness (QED) is 0.752. The highest BCUT2D eigenvalue weighted by molar-refractivity contribution is 5.95. The highest BCUT2D eigenvalue weighted by atomic mass is 16.5. The third-order valence-electron chi connectivity index (χ3n) is 5.22. The lowest BCUT2D eigenvalue weighted by Gasteiger charge is -2.30. The number of anilines is 2. The van der Waals surface area contributed by atoms with E-state index in [0.717, 1.165) is 25.2 Å². The summed E-state index contributed by atoms with van der Waals surface area (Å²) < 4.78 is 7.21. The topological polar surface area (TPSA) is 80.0 Å². The van der Waals surface area contributed by atoms with Gasteiger partial charge in [-0.1, -0.05) is 6.92 Å². The number of rotatable bonds is 3. The van der Waals surface area contributed by atoms with Gasteiger partial charge in [-0.3, -0.25) is 19.1 Å². The molecule has 0 radical (unpaired) electrons. The second-order valence-corrected chi connectivity index (χ2v) is 7.17. The van der Waals surface area contributed by atoms with E-state index in [9.17, 15) is 9.59 Å². The average Bonchev–Trinajstić information content (AvgIpc) is 3.18. The largest absolute Gasteiger partial charge is 0.488 e. The Morgan fingerprint density at radius 1 is 1.36 bits per heavy atom. The second kappa shape index (κ2) is 7.46. The van der Waals surface area contributed by atoms with Crippen molar-refractivity contribution in [2.75, 3.05) is 38.2 Å². The van der Waals surface area contributed by atoms with Gasteiger partial charge in [0.05, 0.1) is 12.1 Å². The van der Waals surface area contributed by atoms with Crippen LogP contribution in [0, 0.1) is 5.92 Å². The van der Waals surface area contributed by atoms with E-state index in [-0.39, 0.29) is 5.91 Å². The number of amides is 1. The first-order chi connectivity index (χ1) is 13.6. The molecule has 2 aliphatic heterocycles. The molecule has 4 rings (SSSR count). The van der Waals surface area contributed by atoms with Crippen molar-refractivity contribution in [2.24, 2.45) is 10.9 Å². The smallest absolute Gasteiger partial charge is 0.255 e. The van der Waals surface area contributed by atoms with Crippen LogP contribution in [-0.4, -0.2) is 60.1 Å². The van der Waals surface area contributed by atoms with Crippen molar-refractivity contribution >= 4 is 23.8 Å². The maximum Gasteiger partial charge on any atom is 0.255 e. The molecule has 8 heteroatoms. The first-order valence-electron chi connectivity index (χ1n) is 9.40. The summed E-state index contributed by atoms with van der Waals surface area (Å²) in [5.41, 5.74) is 1.96. The molecule has 0 bridgehead atoms. The molecule has 1 atom stereocenters. The molecule has 4 heterocycles. The van der Waals surface area contributed by atoms with Crippen LogP contribution in [-0.2, 0) is 4.79 Å². The monoisotopic (exact) mass is 381 g/mol. The molecule has 0 N–H and O–H groups in total. The fourth-order valence-corrected chi connectivity index (χ4v) is 3.69. The van der Waals surface area contributed by atoms with Gasteiger partial charge in [-0.15, -0.1) is 0 Å². The Hall–Kier alpha value is -3.16. The van der Waals surface area contributed by atoms with E-state index in [1.54, 1.807) is 25.5 Å². The van der Waals surface area contributed by atoms with Gasteiger partial charge >= 0.3 is 0 Å². The lowest BCUT2D eigenvalue weighted by atomic mass is 10.2. The van der Waals surface area contributed by atoms with E-state index in [1.165, 1.54) is 4.57 Å². The van der Waals surface area contributed by atoms with Crippen LogP contribution < -0.4 is 15.1 Å². The zero-order chi connectivity index (χ0) is 19.7. The molecular weight excluding hydrogens is 358 g/mol. The predicted octanol–water partition coefficient (Wildman–Crippen LogP) is 1.46. The second-order valence-electron chi connectivity index (χ2n) is 7.17. The van der Waals surface area contributed by atoms with Crippen molar-refractivity contribution < 1.29 is 14.3 Å². The minimum atomic E-state index is -0.000761. The van der Waals surface area contributed by atoms with Gasteiger partial charge in [-0.2, -0.15) is 0 Å². The SMILES string of the molecule is C/N=c1/cc(N2CCOc3cc(C(=O)N4CC[C@@H](C)C4)cnc32)ccn1C=O. The number of nitrogens with zero attached hydrogens (tertiary/aromatic N) is 5. The number of aromatic nitrogens is 2. The number of pyridine rings is 2. The molecule has 1 saturated heterocycles. The first-order valence-corrected chi connectivity index (χ1v) is 9.40. The molecule has 0 aromatic carbocycles. The minimum absolute atomic E-state index is 0.000761. The normalized spacial score (nSPS) is 19.4. The van der Waals surface area contributed by atoms with Crippen LogP contribution >= 0.6 is 0 Å². The standard InChI is InChI=1S/C20H23N5O3/c1-14-3-5-23(12-14)20(27)15-9-17-19(22-11-15)25(7-8-28-17)16-4-6-24(13-26)18(10-16)21-2/h4,6,9-11,13-14H,3,5,7-8,12H2,1-2H3/b21-18-/t14-/m1/s1. The Bertz CT molecular complexity index is 984. The van der Waals surface area contributed by atoms with Gasteiger partial charge in [-0.05, 0) is 24.5 Å².